The quantitative estimate of drug-likeness (QED) is 0.518. The molecule has 2 aromatic carbocycles. The molecule has 4 nitrogen and oxygen atoms in total. The Hall–Kier alpha value is -2.62. The Morgan fingerprint density at radius 3 is 2.45 bits per heavy atom. The van der Waals surface area contributed by atoms with Gasteiger partial charge in [-0.1, -0.05) is 30.3 Å². The number of non-ortho nitro benzene ring substituents is 1. The summed E-state index contributed by atoms with van der Waals surface area (Å²) in [6.45, 7) is 2.01. The molecule has 3 rings (SSSR count). The molecule has 0 bridgehead atoms. The fourth-order valence-corrected chi connectivity index (χ4v) is 2.74. The maximum atomic E-state index is 10.9. The average Bonchev–Trinajstić information content (AvgIpc) is 2.71. The molecule has 4 heteroatoms. The van der Waals surface area contributed by atoms with Crippen LogP contribution in [0.25, 0.3) is 22.2 Å². The van der Waals surface area contributed by atoms with E-state index in [1.165, 1.54) is 0 Å². The molecule has 0 aliphatic rings. The van der Waals surface area contributed by atoms with Crippen molar-refractivity contribution in [2.45, 2.75) is 6.92 Å². The van der Waals surface area contributed by atoms with Gasteiger partial charge in [-0.05, 0) is 24.1 Å². The summed E-state index contributed by atoms with van der Waals surface area (Å²) < 4.78 is 2.09. The number of nitrogens with zero attached hydrogens (tertiary/aromatic N) is 2. The average molecular weight is 266 g/mol. The SMILES string of the molecule is Cc1c(-c2ccccc2)n(C)c2ccc([N+](=O)[O-])cc12. The van der Waals surface area contributed by atoms with Crippen molar-refractivity contribution in [2.75, 3.05) is 0 Å². The predicted molar refractivity (Wildman–Crippen MR) is 79.7 cm³/mol. The van der Waals surface area contributed by atoms with Gasteiger partial charge in [-0.15, -0.1) is 0 Å². The van der Waals surface area contributed by atoms with E-state index in [9.17, 15) is 10.1 Å². The number of nitro benzene ring substituents is 1. The molecular weight excluding hydrogens is 252 g/mol. The lowest BCUT2D eigenvalue weighted by molar-refractivity contribution is -0.384. The van der Waals surface area contributed by atoms with E-state index in [0.717, 1.165) is 27.7 Å². The van der Waals surface area contributed by atoms with Gasteiger partial charge >= 0.3 is 0 Å². The molecule has 0 fully saturated rings. The molecule has 3 aromatic rings. The maximum Gasteiger partial charge on any atom is 0.270 e. The van der Waals surface area contributed by atoms with Crippen LogP contribution in [0.4, 0.5) is 5.69 Å². The number of benzene rings is 2. The van der Waals surface area contributed by atoms with Gasteiger partial charge in [0, 0.05) is 30.1 Å². The van der Waals surface area contributed by atoms with Crippen molar-refractivity contribution < 1.29 is 4.92 Å². The minimum Gasteiger partial charge on any atom is -0.343 e. The number of hydrogen-bond acceptors (Lipinski definition) is 2. The third-order valence-corrected chi connectivity index (χ3v) is 3.69. The monoisotopic (exact) mass is 266 g/mol. The van der Waals surface area contributed by atoms with Crippen LogP contribution in [0, 0.1) is 17.0 Å². The van der Waals surface area contributed by atoms with Crippen molar-refractivity contribution >= 4 is 16.6 Å². The lowest BCUT2D eigenvalue weighted by Gasteiger charge is -2.05. The summed E-state index contributed by atoms with van der Waals surface area (Å²) in [6.07, 6.45) is 0. The van der Waals surface area contributed by atoms with Crippen molar-refractivity contribution in [3.05, 3.63) is 64.2 Å². The highest BCUT2D eigenvalue weighted by atomic mass is 16.6. The zero-order valence-electron chi connectivity index (χ0n) is 11.3. The molecule has 0 atom stereocenters. The second-order valence-corrected chi connectivity index (χ2v) is 4.86. The fourth-order valence-electron chi connectivity index (χ4n) is 2.74. The van der Waals surface area contributed by atoms with Crippen molar-refractivity contribution in [1.29, 1.82) is 0 Å². The van der Waals surface area contributed by atoms with Crippen LogP contribution in [0.5, 0.6) is 0 Å². The summed E-state index contributed by atoms with van der Waals surface area (Å²) in [4.78, 5) is 10.6. The number of fused-ring (bicyclic) bond motifs is 1. The highest BCUT2D eigenvalue weighted by Gasteiger charge is 2.16. The number of hydrogen-bond donors (Lipinski definition) is 0. The minimum atomic E-state index is -0.353. The molecule has 1 aromatic heterocycles. The van der Waals surface area contributed by atoms with Gasteiger partial charge in [0.25, 0.3) is 5.69 Å². The summed E-state index contributed by atoms with van der Waals surface area (Å²) in [5, 5.41) is 11.8. The molecule has 0 aliphatic carbocycles. The molecule has 0 radical (unpaired) electrons. The van der Waals surface area contributed by atoms with Crippen LogP contribution in [0.1, 0.15) is 5.56 Å². The first-order valence-corrected chi connectivity index (χ1v) is 6.38. The van der Waals surface area contributed by atoms with E-state index in [4.69, 9.17) is 0 Å². The van der Waals surface area contributed by atoms with Crippen LogP contribution in [-0.4, -0.2) is 9.49 Å². The van der Waals surface area contributed by atoms with Gasteiger partial charge in [-0.25, -0.2) is 0 Å². The normalized spacial score (nSPS) is 10.9. The van der Waals surface area contributed by atoms with Gasteiger partial charge in [-0.3, -0.25) is 10.1 Å². The van der Waals surface area contributed by atoms with E-state index in [-0.39, 0.29) is 10.6 Å². The van der Waals surface area contributed by atoms with Crippen LogP contribution < -0.4 is 0 Å². The van der Waals surface area contributed by atoms with Crippen LogP contribution in [-0.2, 0) is 7.05 Å². The molecule has 1 heterocycles. The van der Waals surface area contributed by atoms with Gasteiger partial charge in [-0.2, -0.15) is 0 Å². The molecule has 0 spiro atoms. The number of rotatable bonds is 2. The Morgan fingerprint density at radius 2 is 1.80 bits per heavy atom. The van der Waals surface area contributed by atoms with E-state index in [2.05, 4.69) is 16.7 Å². The molecule has 0 N–H and O–H groups in total. The number of aryl methyl sites for hydroxylation is 2. The van der Waals surface area contributed by atoms with Gasteiger partial charge in [0.2, 0.25) is 0 Å². The summed E-state index contributed by atoms with van der Waals surface area (Å²) in [5.41, 5.74) is 4.42. The molecule has 0 aliphatic heterocycles. The highest BCUT2D eigenvalue weighted by molar-refractivity contribution is 5.92. The summed E-state index contributed by atoms with van der Waals surface area (Å²) in [5.74, 6) is 0. The van der Waals surface area contributed by atoms with E-state index in [0.29, 0.717) is 0 Å². The van der Waals surface area contributed by atoms with E-state index in [1.807, 2.05) is 38.2 Å². The minimum absolute atomic E-state index is 0.130. The van der Waals surface area contributed by atoms with E-state index in [1.54, 1.807) is 12.1 Å². The van der Waals surface area contributed by atoms with Crippen molar-refractivity contribution in [2.24, 2.45) is 7.05 Å². The van der Waals surface area contributed by atoms with Crippen LogP contribution >= 0.6 is 0 Å². The van der Waals surface area contributed by atoms with Crippen molar-refractivity contribution in [3.63, 3.8) is 0 Å². The summed E-state index contributed by atoms with van der Waals surface area (Å²) >= 11 is 0. The third kappa shape index (κ3) is 1.77. The topological polar surface area (TPSA) is 48.1 Å². The van der Waals surface area contributed by atoms with Gasteiger partial charge in [0.1, 0.15) is 0 Å². The smallest absolute Gasteiger partial charge is 0.270 e. The molecule has 100 valence electrons. The standard InChI is InChI=1S/C16H14N2O2/c1-11-14-10-13(18(19)20)8-9-15(14)17(2)16(11)12-6-4-3-5-7-12/h3-10H,1-2H3. The Morgan fingerprint density at radius 1 is 1.10 bits per heavy atom. The molecular formula is C16H14N2O2. The summed E-state index contributed by atoms with van der Waals surface area (Å²) in [6, 6.07) is 15.1. The van der Waals surface area contributed by atoms with Crippen LogP contribution in [0.2, 0.25) is 0 Å². The Labute approximate surface area is 116 Å². The highest BCUT2D eigenvalue weighted by Crippen LogP contribution is 2.33. The van der Waals surface area contributed by atoms with Crippen molar-refractivity contribution in [1.82, 2.24) is 4.57 Å². The lowest BCUT2D eigenvalue weighted by atomic mass is 10.1. The Bertz CT molecular complexity index is 804. The lowest BCUT2D eigenvalue weighted by Crippen LogP contribution is -1.92. The fraction of sp³-hybridized carbons (Fsp3) is 0.125. The van der Waals surface area contributed by atoms with Crippen molar-refractivity contribution in [3.8, 4) is 11.3 Å². The first-order valence-electron chi connectivity index (χ1n) is 6.38. The first kappa shape index (κ1) is 12.4. The maximum absolute atomic E-state index is 10.9. The largest absolute Gasteiger partial charge is 0.343 e. The van der Waals surface area contributed by atoms with Crippen LogP contribution in [0.15, 0.2) is 48.5 Å². The molecule has 20 heavy (non-hydrogen) atoms. The van der Waals surface area contributed by atoms with E-state index >= 15 is 0 Å². The second-order valence-electron chi connectivity index (χ2n) is 4.86. The Kier molecular flexibility index (Phi) is 2.79. The third-order valence-electron chi connectivity index (χ3n) is 3.69. The van der Waals surface area contributed by atoms with Gasteiger partial charge in [0.15, 0.2) is 0 Å². The molecule has 0 unspecified atom stereocenters. The summed E-state index contributed by atoms with van der Waals surface area (Å²) in [7, 11) is 1.99. The van der Waals surface area contributed by atoms with Crippen LogP contribution in [0.3, 0.4) is 0 Å². The zero-order valence-corrected chi connectivity index (χ0v) is 11.3. The number of aromatic nitrogens is 1. The first-order chi connectivity index (χ1) is 9.59. The zero-order chi connectivity index (χ0) is 14.3. The van der Waals surface area contributed by atoms with Gasteiger partial charge < -0.3 is 4.57 Å². The molecule has 0 saturated carbocycles. The van der Waals surface area contributed by atoms with E-state index < -0.39 is 0 Å². The predicted octanol–water partition coefficient (Wildman–Crippen LogP) is 4.06. The Balaban J connectivity index is 2.32. The number of nitro groups is 1. The molecule has 0 amide bonds. The second kappa shape index (κ2) is 4.49. The molecule has 0 saturated heterocycles. The van der Waals surface area contributed by atoms with Gasteiger partial charge in [0.05, 0.1) is 10.6 Å².